The van der Waals surface area contributed by atoms with Gasteiger partial charge >= 0.3 is 6.09 Å². The fraction of sp³-hybridized carbons (Fsp3) is 0.500. The quantitative estimate of drug-likeness (QED) is 0.792. The van der Waals surface area contributed by atoms with Crippen molar-refractivity contribution in [2.45, 2.75) is 52.3 Å². The Hall–Kier alpha value is -1.84. The van der Waals surface area contributed by atoms with Crippen molar-refractivity contribution >= 4 is 11.9 Å². The lowest BCUT2D eigenvalue weighted by Gasteiger charge is -2.36. The molecule has 0 bridgehead atoms. The van der Waals surface area contributed by atoms with Crippen molar-refractivity contribution in [3.05, 3.63) is 35.4 Å². The van der Waals surface area contributed by atoms with Gasteiger partial charge in [-0.1, -0.05) is 24.3 Å². The number of ether oxygens (including phenoxy) is 1. The van der Waals surface area contributed by atoms with Crippen LogP contribution in [0.4, 0.5) is 4.79 Å². The zero-order valence-electron chi connectivity index (χ0n) is 13.2. The van der Waals surface area contributed by atoms with E-state index in [4.69, 9.17) is 6.11 Å². The highest BCUT2D eigenvalue weighted by Crippen LogP contribution is 2.25. The maximum absolute atomic E-state index is 12.3. The van der Waals surface area contributed by atoms with E-state index in [1.54, 1.807) is 20.8 Å². The summed E-state index contributed by atoms with van der Waals surface area (Å²) < 4.78 is 12.7. The second kappa shape index (κ2) is 5.27. The molecule has 0 saturated carbocycles. The van der Waals surface area contributed by atoms with Gasteiger partial charge in [0.25, 0.3) is 0 Å². The van der Waals surface area contributed by atoms with Crippen molar-refractivity contribution in [1.82, 2.24) is 4.90 Å². The van der Waals surface area contributed by atoms with Gasteiger partial charge in [0.15, 0.2) is 5.78 Å². The van der Waals surface area contributed by atoms with Crippen molar-refractivity contribution in [3.8, 4) is 0 Å². The van der Waals surface area contributed by atoms with Crippen LogP contribution in [-0.4, -0.2) is 28.4 Å². The normalized spacial score (nSPS) is 19.1. The molecule has 0 aromatic heterocycles. The van der Waals surface area contributed by atoms with E-state index in [0.29, 0.717) is 13.0 Å². The summed E-state index contributed by atoms with van der Waals surface area (Å²) in [5.74, 6) is -0.254. The van der Waals surface area contributed by atoms with Crippen LogP contribution in [0.1, 0.15) is 40.2 Å². The molecule has 2 rings (SSSR count). The molecule has 0 aliphatic carbocycles. The van der Waals surface area contributed by atoms with Crippen LogP contribution in [0.5, 0.6) is 0 Å². The lowest BCUT2D eigenvalue weighted by atomic mass is 9.92. The topological polar surface area (TPSA) is 46.6 Å². The van der Waals surface area contributed by atoms with Crippen LogP contribution in [0.3, 0.4) is 0 Å². The third kappa shape index (κ3) is 3.18. The molecule has 1 aliphatic heterocycles. The Morgan fingerprint density at radius 3 is 2.55 bits per heavy atom. The molecule has 1 aromatic carbocycles. The molecule has 1 aromatic rings. The fourth-order valence-electron chi connectivity index (χ4n) is 2.32. The summed E-state index contributed by atoms with van der Waals surface area (Å²) in [6, 6.07) is 7.15. The van der Waals surface area contributed by atoms with Crippen LogP contribution >= 0.6 is 0 Å². The predicted octanol–water partition coefficient (Wildman–Crippen LogP) is 2.94. The largest absolute Gasteiger partial charge is 0.444 e. The van der Waals surface area contributed by atoms with E-state index in [0.717, 1.165) is 11.1 Å². The van der Waals surface area contributed by atoms with Crippen LogP contribution in [-0.2, 0) is 22.5 Å². The Morgan fingerprint density at radius 2 is 1.95 bits per heavy atom. The standard InChI is InChI=1S/C16H21NO3/c1-11(18)14-9-12-7-5-6-8-13(12)10-17(14)15(19)20-16(2,3)4/h5-8,14H,9-10H2,1-4H3/i1D. The first-order valence-electron chi connectivity index (χ1n) is 7.41. The van der Waals surface area contributed by atoms with E-state index in [1.165, 1.54) is 4.90 Å². The Balaban J connectivity index is 2.28. The van der Waals surface area contributed by atoms with E-state index in [9.17, 15) is 9.59 Å². The lowest BCUT2D eigenvalue weighted by Crippen LogP contribution is -2.49. The number of hydrogen-bond acceptors (Lipinski definition) is 3. The van der Waals surface area contributed by atoms with Gasteiger partial charge in [-0.25, -0.2) is 4.79 Å². The molecule has 20 heavy (non-hydrogen) atoms. The molecule has 0 fully saturated rings. The van der Waals surface area contributed by atoms with E-state index < -0.39 is 17.7 Å². The molecule has 1 atom stereocenters. The zero-order chi connectivity index (χ0) is 15.6. The molecule has 1 amide bonds. The highest BCUT2D eigenvalue weighted by Gasteiger charge is 2.34. The first kappa shape index (κ1) is 13.2. The van der Waals surface area contributed by atoms with Gasteiger partial charge in [-0.2, -0.15) is 0 Å². The summed E-state index contributed by atoms with van der Waals surface area (Å²) in [5, 5.41) is 0. The summed E-state index contributed by atoms with van der Waals surface area (Å²) in [6.07, 6.45) is -0.0450. The Labute approximate surface area is 121 Å². The number of carbonyl (C=O) groups excluding carboxylic acids is 2. The molecular formula is C16H21NO3. The van der Waals surface area contributed by atoms with E-state index in [2.05, 4.69) is 0 Å². The van der Waals surface area contributed by atoms with Gasteiger partial charge in [-0.15, -0.1) is 0 Å². The summed E-state index contributed by atoms with van der Waals surface area (Å²) in [6.45, 7) is 5.41. The molecule has 0 spiro atoms. The van der Waals surface area contributed by atoms with Crippen LogP contribution in [0.25, 0.3) is 0 Å². The van der Waals surface area contributed by atoms with Crippen LogP contribution < -0.4 is 0 Å². The molecular weight excluding hydrogens is 254 g/mol. The van der Waals surface area contributed by atoms with Gasteiger partial charge in [0.2, 0.25) is 0 Å². The summed E-state index contributed by atoms with van der Waals surface area (Å²) in [4.78, 5) is 25.8. The number of fused-ring (bicyclic) bond motifs is 1. The number of nitrogens with zero attached hydrogens (tertiary/aromatic N) is 1. The fourth-order valence-corrected chi connectivity index (χ4v) is 2.32. The van der Waals surface area contributed by atoms with Crippen molar-refractivity contribution in [1.29, 1.82) is 0 Å². The molecule has 4 nitrogen and oxygen atoms in total. The SMILES string of the molecule is [2H]CC(=O)C1Cc2ccccc2CN1C(=O)OC(C)(C)C. The summed E-state index contributed by atoms with van der Waals surface area (Å²) >= 11 is 0. The second-order valence-electron chi connectivity index (χ2n) is 6.06. The molecule has 108 valence electrons. The number of amides is 1. The van der Waals surface area contributed by atoms with E-state index in [1.807, 2.05) is 24.3 Å². The molecule has 0 radical (unpaired) electrons. The number of Topliss-reactive ketones (excluding diaryl/α,β-unsaturated/α-hetero) is 1. The minimum atomic E-state index is -0.609. The van der Waals surface area contributed by atoms with Crippen molar-refractivity contribution in [2.24, 2.45) is 0 Å². The number of carbonyl (C=O) groups is 2. The van der Waals surface area contributed by atoms with E-state index >= 15 is 0 Å². The third-order valence-electron chi connectivity index (χ3n) is 3.25. The minimum Gasteiger partial charge on any atom is -0.444 e. The molecule has 4 heteroatoms. The molecule has 0 N–H and O–H groups in total. The highest BCUT2D eigenvalue weighted by atomic mass is 16.6. The van der Waals surface area contributed by atoms with Crippen LogP contribution in [0.2, 0.25) is 0 Å². The first-order valence-corrected chi connectivity index (χ1v) is 6.70. The Morgan fingerprint density at radius 1 is 1.30 bits per heavy atom. The Bertz CT molecular complexity index is 551. The number of ketones is 1. The number of benzene rings is 1. The van der Waals surface area contributed by atoms with Crippen LogP contribution in [0.15, 0.2) is 24.3 Å². The average Bonchev–Trinajstić information content (AvgIpc) is 2.43. The van der Waals surface area contributed by atoms with E-state index in [-0.39, 0.29) is 12.7 Å². The smallest absolute Gasteiger partial charge is 0.411 e. The zero-order valence-corrected chi connectivity index (χ0v) is 12.2. The monoisotopic (exact) mass is 276 g/mol. The van der Waals surface area contributed by atoms with Gasteiger partial charge in [-0.3, -0.25) is 9.69 Å². The summed E-state index contributed by atoms with van der Waals surface area (Å²) in [7, 11) is 0. The Kier molecular flexibility index (Phi) is 3.47. The maximum Gasteiger partial charge on any atom is 0.411 e. The lowest BCUT2D eigenvalue weighted by molar-refractivity contribution is -0.122. The van der Waals surface area contributed by atoms with Crippen molar-refractivity contribution in [2.75, 3.05) is 0 Å². The average molecular weight is 276 g/mol. The van der Waals surface area contributed by atoms with Gasteiger partial charge in [0.05, 0.1) is 12.6 Å². The molecule has 1 heterocycles. The van der Waals surface area contributed by atoms with Crippen molar-refractivity contribution < 1.29 is 15.7 Å². The molecule has 1 unspecified atom stereocenters. The van der Waals surface area contributed by atoms with Gasteiger partial charge in [0, 0.05) is 7.79 Å². The summed E-state index contributed by atoms with van der Waals surface area (Å²) in [5.41, 5.74) is 1.48. The number of hydrogen-bond donors (Lipinski definition) is 0. The maximum atomic E-state index is 12.3. The predicted molar refractivity (Wildman–Crippen MR) is 76.4 cm³/mol. The first-order chi connectivity index (χ1) is 9.81. The second-order valence-corrected chi connectivity index (χ2v) is 6.06. The highest BCUT2D eigenvalue weighted by molar-refractivity contribution is 5.86. The molecule has 1 aliphatic rings. The van der Waals surface area contributed by atoms with Gasteiger partial charge in [0.1, 0.15) is 5.60 Å². The van der Waals surface area contributed by atoms with Gasteiger partial charge in [-0.05, 0) is 38.8 Å². The van der Waals surface area contributed by atoms with Crippen LogP contribution in [0, 0.1) is 0 Å². The molecule has 0 saturated heterocycles. The van der Waals surface area contributed by atoms with Gasteiger partial charge < -0.3 is 4.74 Å². The minimum absolute atomic E-state index is 0.254. The third-order valence-corrected chi connectivity index (χ3v) is 3.25. The van der Waals surface area contributed by atoms with Crippen molar-refractivity contribution in [3.63, 3.8) is 0 Å². The number of rotatable bonds is 1.